The van der Waals surface area contributed by atoms with E-state index in [1.54, 1.807) is 0 Å². The van der Waals surface area contributed by atoms with Crippen LogP contribution in [0.15, 0.2) is 0 Å². The molecule has 11 heavy (non-hydrogen) atoms. The molecule has 0 radical (unpaired) electrons. The van der Waals surface area contributed by atoms with Crippen LogP contribution in [0.4, 0.5) is 0 Å². The van der Waals surface area contributed by atoms with Crippen molar-refractivity contribution in [3.63, 3.8) is 0 Å². The maximum atomic E-state index is 5.69. The van der Waals surface area contributed by atoms with Gasteiger partial charge in [0.05, 0.1) is 0 Å². The van der Waals surface area contributed by atoms with Crippen LogP contribution in [-0.4, -0.2) is 18.6 Å². The summed E-state index contributed by atoms with van der Waals surface area (Å²) < 4.78 is 0. The first kappa shape index (κ1) is 9.01. The van der Waals surface area contributed by atoms with Gasteiger partial charge in [-0.25, -0.2) is 0 Å². The third-order valence-corrected chi connectivity index (χ3v) is 2.59. The Morgan fingerprint density at radius 2 is 2.09 bits per heavy atom. The predicted molar refractivity (Wildman–Crippen MR) is 48.5 cm³/mol. The van der Waals surface area contributed by atoms with Gasteiger partial charge in [0, 0.05) is 12.1 Å². The lowest BCUT2D eigenvalue weighted by atomic mass is 9.76. The van der Waals surface area contributed by atoms with Gasteiger partial charge in [-0.05, 0) is 31.7 Å². The van der Waals surface area contributed by atoms with Crippen molar-refractivity contribution in [3.8, 4) is 0 Å². The van der Waals surface area contributed by atoms with E-state index in [-0.39, 0.29) is 0 Å². The lowest BCUT2D eigenvalue weighted by Gasteiger charge is -2.42. The van der Waals surface area contributed by atoms with E-state index in [1.807, 2.05) is 0 Å². The highest BCUT2D eigenvalue weighted by atomic mass is 15.0. The summed E-state index contributed by atoms with van der Waals surface area (Å²) in [7, 11) is 0. The van der Waals surface area contributed by atoms with Crippen molar-refractivity contribution in [2.24, 2.45) is 11.7 Å². The molecule has 1 fully saturated rings. The number of nitrogens with two attached hydrogens (primary N) is 1. The molecular weight excluding hydrogens is 136 g/mol. The molecule has 0 aromatic carbocycles. The monoisotopic (exact) mass is 156 g/mol. The van der Waals surface area contributed by atoms with Gasteiger partial charge in [0.1, 0.15) is 0 Å². The number of nitrogens with one attached hydrogen (secondary N) is 1. The fourth-order valence-corrected chi connectivity index (χ4v) is 1.48. The van der Waals surface area contributed by atoms with Gasteiger partial charge in [-0.1, -0.05) is 13.8 Å². The molecule has 0 aromatic rings. The highest BCUT2D eigenvalue weighted by Crippen LogP contribution is 2.30. The van der Waals surface area contributed by atoms with E-state index in [0.717, 1.165) is 19.0 Å². The summed E-state index contributed by atoms with van der Waals surface area (Å²) in [4.78, 5) is 0. The molecule has 0 bridgehead atoms. The standard InChI is InChI=1S/C9H20N2/c1-8(2)6-11-9(7-10)4-3-5-9/h8,11H,3-7,10H2,1-2H3. The number of hydrogen-bond acceptors (Lipinski definition) is 2. The van der Waals surface area contributed by atoms with Gasteiger partial charge in [0.25, 0.3) is 0 Å². The highest BCUT2D eigenvalue weighted by Gasteiger charge is 2.34. The Balaban J connectivity index is 2.22. The molecule has 0 aliphatic heterocycles. The first-order valence-corrected chi connectivity index (χ1v) is 4.64. The van der Waals surface area contributed by atoms with Crippen LogP contribution in [0.2, 0.25) is 0 Å². The fraction of sp³-hybridized carbons (Fsp3) is 1.00. The molecule has 1 aliphatic carbocycles. The molecule has 0 saturated heterocycles. The van der Waals surface area contributed by atoms with Crippen LogP contribution in [0.1, 0.15) is 33.1 Å². The van der Waals surface area contributed by atoms with E-state index in [0.29, 0.717) is 5.54 Å². The first-order chi connectivity index (χ1) is 5.18. The molecule has 0 heterocycles. The van der Waals surface area contributed by atoms with Crippen LogP contribution in [0, 0.1) is 5.92 Å². The van der Waals surface area contributed by atoms with E-state index in [1.165, 1.54) is 19.3 Å². The van der Waals surface area contributed by atoms with Crippen LogP contribution in [0.3, 0.4) is 0 Å². The van der Waals surface area contributed by atoms with Crippen LogP contribution in [0.5, 0.6) is 0 Å². The first-order valence-electron chi connectivity index (χ1n) is 4.64. The zero-order chi connectivity index (χ0) is 8.32. The van der Waals surface area contributed by atoms with Crippen LogP contribution in [0.25, 0.3) is 0 Å². The minimum Gasteiger partial charge on any atom is -0.329 e. The highest BCUT2D eigenvalue weighted by molar-refractivity contribution is 4.96. The van der Waals surface area contributed by atoms with Gasteiger partial charge in [-0.2, -0.15) is 0 Å². The smallest absolute Gasteiger partial charge is 0.0304 e. The Morgan fingerprint density at radius 3 is 2.36 bits per heavy atom. The summed E-state index contributed by atoms with van der Waals surface area (Å²) in [5, 5.41) is 3.56. The largest absolute Gasteiger partial charge is 0.329 e. The normalized spacial score (nSPS) is 21.8. The minimum absolute atomic E-state index is 0.324. The Kier molecular flexibility index (Phi) is 2.90. The average molecular weight is 156 g/mol. The molecule has 66 valence electrons. The lowest BCUT2D eigenvalue weighted by Crippen LogP contribution is -2.57. The summed E-state index contributed by atoms with van der Waals surface area (Å²) in [6.07, 6.45) is 3.90. The van der Waals surface area contributed by atoms with E-state index in [2.05, 4.69) is 19.2 Å². The van der Waals surface area contributed by atoms with Gasteiger partial charge < -0.3 is 11.1 Å². The summed E-state index contributed by atoms with van der Waals surface area (Å²) >= 11 is 0. The second kappa shape index (κ2) is 3.55. The molecule has 0 spiro atoms. The van der Waals surface area contributed by atoms with Crippen LogP contribution >= 0.6 is 0 Å². The second-order valence-electron chi connectivity index (χ2n) is 4.11. The predicted octanol–water partition coefficient (Wildman–Crippen LogP) is 1.11. The number of hydrogen-bond donors (Lipinski definition) is 2. The van der Waals surface area contributed by atoms with E-state index >= 15 is 0 Å². The molecule has 0 amide bonds. The van der Waals surface area contributed by atoms with Crippen molar-refractivity contribution in [2.75, 3.05) is 13.1 Å². The average Bonchev–Trinajstić information content (AvgIpc) is 1.86. The third kappa shape index (κ3) is 2.17. The Labute approximate surface area is 69.5 Å². The van der Waals surface area contributed by atoms with Gasteiger partial charge in [-0.3, -0.25) is 0 Å². The topological polar surface area (TPSA) is 38.0 Å². The van der Waals surface area contributed by atoms with Crippen LogP contribution in [-0.2, 0) is 0 Å². The lowest BCUT2D eigenvalue weighted by molar-refractivity contribution is 0.187. The zero-order valence-electron chi connectivity index (χ0n) is 7.69. The number of rotatable bonds is 4. The van der Waals surface area contributed by atoms with E-state index in [4.69, 9.17) is 5.73 Å². The van der Waals surface area contributed by atoms with Crippen molar-refractivity contribution >= 4 is 0 Å². The molecule has 1 saturated carbocycles. The summed E-state index contributed by atoms with van der Waals surface area (Å²) in [5.74, 6) is 0.735. The fourth-order valence-electron chi connectivity index (χ4n) is 1.48. The van der Waals surface area contributed by atoms with Gasteiger partial charge in [-0.15, -0.1) is 0 Å². The van der Waals surface area contributed by atoms with Crippen molar-refractivity contribution in [1.29, 1.82) is 0 Å². The van der Waals surface area contributed by atoms with Crippen molar-refractivity contribution in [3.05, 3.63) is 0 Å². The van der Waals surface area contributed by atoms with Crippen molar-refractivity contribution in [2.45, 2.75) is 38.6 Å². The van der Waals surface area contributed by atoms with E-state index in [9.17, 15) is 0 Å². The minimum atomic E-state index is 0.324. The molecule has 1 rings (SSSR count). The molecule has 0 atom stereocenters. The Bertz CT molecular complexity index is 111. The maximum Gasteiger partial charge on any atom is 0.0304 e. The molecule has 2 heteroatoms. The molecule has 3 N–H and O–H groups in total. The van der Waals surface area contributed by atoms with E-state index < -0.39 is 0 Å². The summed E-state index contributed by atoms with van der Waals surface area (Å²) in [6, 6.07) is 0. The van der Waals surface area contributed by atoms with Crippen molar-refractivity contribution < 1.29 is 0 Å². The van der Waals surface area contributed by atoms with Crippen LogP contribution < -0.4 is 11.1 Å². The Morgan fingerprint density at radius 1 is 1.45 bits per heavy atom. The Hall–Kier alpha value is -0.0800. The summed E-state index contributed by atoms with van der Waals surface area (Å²) in [5.41, 5.74) is 6.02. The molecular formula is C9H20N2. The second-order valence-corrected chi connectivity index (χ2v) is 4.11. The third-order valence-electron chi connectivity index (χ3n) is 2.59. The molecule has 2 nitrogen and oxygen atoms in total. The SMILES string of the molecule is CC(C)CNC1(CN)CCC1. The van der Waals surface area contributed by atoms with Gasteiger partial charge in [0.2, 0.25) is 0 Å². The quantitative estimate of drug-likeness (QED) is 0.640. The van der Waals surface area contributed by atoms with Crippen molar-refractivity contribution in [1.82, 2.24) is 5.32 Å². The molecule has 0 unspecified atom stereocenters. The maximum absolute atomic E-state index is 5.69. The van der Waals surface area contributed by atoms with Gasteiger partial charge in [0.15, 0.2) is 0 Å². The molecule has 1 aliphatic rings. The molecule has 0 aromatic heterocycles. The summed E-state index contributed by atoms with van der Waals surface area (Å²) in [6.45, 7) is 6.38. The zero-order valence-corrected chi connectivity index (χ0v) is 7.69. The van der Waals surface area contributed by atoms with Gasteiger partial charge >= 0.3 is 0 Å².